The van der Waals surface area contributed by atoms with Gasteiger partial charge in [0, 0.05) is 18.2 Å². The Labute approximate surface area is 151 Å². The predicted molar refractivity (Wildman–Crippen MR) is 102 cm³/mol. The normalized spacial score (nSPS) is 14.0. The van der Waals surface area contributed by atoms with Crippen molar-refractivity contribution in [1.82, 2.24) is 10.6 Å². The molecule has 1 atom stereocenters. The molecule has 0 spiro atoms. The maximum absolute atomic E-state index is 12.6. The highest BCUT2D eigenvalue weighted by Gasteiger charge is 2.18. The molecule has 1 heterocycles. The lowest BCUT2D eigenvalue weighted by atomic mass is 10.1. The van der Waals surface area contributed by atoms with Crippen LogP contribution in [0.5, 0.6) is 0 Å². The van der Waals surface area contributed by atoms with Gasteiger partial charge in [0.15, 0.2) is 0 Å². The number of benzene rings is 1. The second-order valence-corrected chi connectivity index (χ2v) is 7.27. The predicted octanol–water partition coefficient (Wildman–Crippen LogP) is 2.83. The summed E-state index contributed by atoms with van der Waals surface area (Å²) >= 11 is 1.36. The Morgan fingerprint density at radius 2 is 1.96 bits per heavy atom. The summed E-state index contributed by atoms with van der Waals surface area (Å²) in [4.78, 5) is 24.9. The Balaban J connectivity index is 1.68. The number of carbonyl (C=O) groups excluding carboxylic acids is 2. The smallest absolute Gasteiger partial charge is 0.256 e. The van der Waals surface area contributed by atoms with Crippen molar-refractivity contribution in [1.29, 1.82) is 0 Å². The fraction of sp³-hybridized carbons (Fsp3) is 0.368. The van der Waals surface area contributed by atoms with Gasteiger partial charge in [0.1, 0.15) is 5.00 Å². The number of nitrogens with one attached hydrogen (secondary N) is 3. The van der Waals surface area contributed by atoms with E-state index in [1.807, 2.05) is 37.6 Å². The zero-order valence-electron chi connectivity index (χ0n) is 14.5. The van der Waals surface area contributed by atoms with Crippen LogP contribution in [0.3, 0.4) is 0 Å². The summed E-state index contributed by atoms with van der Waals surface area (Å²) < 4.78 is 0. The van der Waals surface area contributed by atoms with Crippen LogP contribution >= 0.6 is 11.3 Å². The number of fused-ring (bicyclic) bond motifs is 1. The number of likely N-dealkylation sites (N-methyl/N-ethyl adjacent to an activating group) is 1. The van der Waals surface area contributed by atoms with Gasteiger partial charge >= 0.3 is 0 Å². The monoisotopic (exact) mass is 357 g/mol. The van der Waals surface area contributed by atoms with Crippen LogP contribution in [0.4, 0.5) is 5.00 Å². The van der Waals surface area contributed by atoms with Gasteiger partial charge in [-0.1, -0.05) is 6.07 Å². The molecule has 6 heteroatoms. The quantitative estimate of drug-likeness (QED) is 0.744. The molecular formula is C19H23N3O2S. The molecule has 1 aromatic heterocycles. The van der Waals surface area contributed by atoms with E-state index in [9.17, 15) is 9.59 Å². The van der Waals surface area contributed by atoms with Crippen LogP contribution < -0.4 is 16.0 Å². The van der Waals surface area contributed by atoms with E-state index in [2.05, 4.69) is 16.0 Å². The minimum absolute atomic E-state index is 0.171. The molecule has 0 aliphatic heterocycles. The van der Waals surface area contributed by atoms with Crippen molar-refractivity contribution in [2.75, 3.05) is 18.9 Å². The van der Waals surface area contributed by atoms with Gasteiger partial charge in [0.2, 0.25) is 0 Å². The van der Waals surface area contributed by atoms with E-state index in [-0.39, 0.29) is 17.9 Å². The first kappa shape index (κ1) is 17.6. The maximum atomic E-state index is 12.6. The summed E-state index contributed by atoms with van der Waals surface area (Å²) in [5.74, 6) is -0.345. The number of thiophene rings is 1. The van der Waals surface area contributed by atoms with Crippen molar-refractivity contribution >= 4 is 28.2 Å². The molecule has 2 amide bonds. The standard InChI is InChI=1S/C19H23N3O2S/c1-12(20-2)11-21-18(24)16-8-9-25-19(16)22-17(23)15-7-6-13-4-3-5-14(13)10-15/h6-10,12,20H,3-5,11H2,1-2H3,(H,21,24)(H,22,23). The first-order valence-corrected chi connectivity index (χ1v) is 9.42. The van der Waals surface area contributed by atoms with Crippen molar-refractivity contribution in [2.45, 2.75) is 32.2 Å². The van der Waals surface area contributed by atoms with Crippen molar-refractivity contribution in [2.24, 2.45) is 0 Å². The van der Waals surface area contributed by atoms with E-state index in [1.54, 1.807) is 6.07 Å². The van der Waals surface area contributed by atoms with Crippen molar-refractivity contribution in [3.05, 3.63) is 51.9 Å². The number of hydrogen-bond donors (Lipinski definition) is 3. The van der Waals surface area contributed by atoms with Crippen LogP contribution in [0.2, 0.25) is 0 Å². The fourth-order valence-electron chi connectivity index (χ4n) is 2.92. The number of hydrogen-bond acceptors (Lipinski definition) is 4. The van der Waals surface area contributed by atoms with E-state index in [0.717, 1.165) is 19.3 Å². The van der Waals surface area contributed by atoms with Crippen LogP contribution in [0.15, 0.2) is 29.6 Å². The van der Waals surface area contributed by atoms with Crippen molar-refractivity contribution < 1.29 is 9.59 Å². The summed E-state index contributed by atoms with van der Waals surface area (Å²) in [6.45, 7) is 2.52. The lowest BCUT2D eigenvalue weighted by molar-refractivity contribution is 0.0952. The molecule has 0 fully saturated rings. The van der Waals surface area contributed by atoms with Crippen LogP contribution in [-0.2, 0) is 12.8 Å². The Bertz CT molecular complexity index is 785. The van der Waals surface area contributed by atoms with Crippen LogP contribution in [0.1, 0.15) is 45.2 Å². The summed E-state index contributed by atoms with van der Waals surface area (Å²) in [5.41, 5.74) is 3.75. The minimum Gasteiger partial charge on any atom is -0.350 e. The fourth-order valence-corrected chi connectivity index (χ4v) is 3.70. The Morgan fingerprint density at radius 1 is 1.16 bits per heavy atom. The molecule has 3 rings (SSSR count). The lowest BCUT2D eigenvalue weighted by Crippen LogP contribution is -2.37. The zero-order valence-corrected chi connectivity index (χ0v) is 15.3. The molecule has 0 radical (unpaired) electrons. The number of rotatable bonds is 6. The number of carbonyl (C=O) groups is 2. The minimum atomic E-state index is -0.174. The molecule has 1 aliphatic carbocycles. The van der Waals surface area contributed by atoms with Gasteiger partial charge in [0.25, 0.3) is 11.8 Å². The molecule has 0 bridgehead atoms. The highest BCUT2D eigenvalue weighted by atomic mass is 32.1. The number of amides is 2. The lowest BCUT2D eigenvalue weighted by Gasteiger charge is -2.12. The van der Waals surface area contributed by atoms with Gasteiger partial charge in [-0.3, -0.25) is 9.59 Å². The molecule has 3 N–H and O–H groups in total. The first-order chi connectivity index (χ1) is 12.1. The molecule has 132 valence electrons. The molecule has 2 aromatic rings. The molecular weight excluding hydrogens is 334 g/mol. The summed E-state index contributed by atoms with van der Waals surface area (Å²) in [7, 11) is 1.85. The van der Waals surface area contributed by atoms with E-state index in [4.69, 9.17) is 0 Å². The van der Waals surface area contributed by atoms with E-state index >= 15 is 0 Å². The van der Waals surface area contributed by atoms with Gasteiger partial charge in [-0.15, -0.1) is 11.3 Å². The molecule has 0 saturated carbocycles. The second kappa shape index (κ2) is 7.80. The third-order valence-corrected chi connectivity index (χ3v) is 5.39. The van der Waals surface area contributed by atoms with Crippen molar-refractivity contribution in [3.63, 3.8) is 0 Å². The van der Waals surface area contributed by atoms with Gasteiger partial charge in [-0.2, -0.15) is 0 Å². The highest BCUT2D eigenvalue weighted by molar-refractivity contribution is 7.14. The Hall–Kier alpha value is -2.18. The summed E-state index contributed by atoms with van der Waals surface area (Å²) in [6, 6.07) is 7.80. The Kier molecular flexibility index (Phi) is 5.50. The maximum Gasteiger partial charge on any atom is 0.256 e. The molecule has 0 saturated heterocycles. The number of aryl methyl sites for hydroxylation is 2. The molecule has 5 nitrogen and oxygen atoms in total. The van der Waals surface area contributed by atoms with Gasteiger partial charge < -0.3 is 16.0 Å². The number of anilines is 1. The SMILES string of the molecule is CNC(C)CNC(=O)c1ccsc1NC(=O)c1ccc2c(c1)CCC2. The van der Waals surface area contributed by atoms with Gasteiger partial charge in [-0.05, 0) is 67.9 Å². The second-order valence-electron chi connectivity index (χ2n) is 6.35. The summed E-state index contributed by atoms with van der Waals surface area (Å²) in [5, 5.41) is 11.2. The van der Waals surface area contributed by atoms with Crippen LogP contribution in [-0.4, -0.2) is 31.4 Å². The average Bonchev–Trinajstić information content (AvgIpc) is 3.27. The summed E-state index contributed by atoms with van der Waals surface area (Å²) in [6.07, 6.45) is 3.28. The zero-order chi connectivity index (χ0) is 17.8. The third-order valence-electron chi connectivity index (χ3n) is 4.56. The van der Waals surface area contributed by atoms with Gasteiger partial charge in [-0.25, -0.2) is 0 Å². The molecule has 1 aromatic carbocycles. The third kappa shape index (κ3) is 4.08. The largest absolute Gasteiger partial charge is 0.350 e. The topological polar surface area (TPSA) is 70.2 Å². The average molecular weight is 357 g/mol. The van der Waals surface area contributed by atoms with Gasteiger partial charge in [0.05, 0.1) is 5.56 Å². The molecule has 1 unspecified atom stereocenters. The Morgan fingerprint density at radius 3 is 2.76 bits per heavy atom. The highest BCUT2D eigenvalue weighted by Crippen LogP contribution is 2.26. The molecule has 25 heavy (non-hydrogen) atoms. The van der Waals surface area contributed by atoms with Crippen LogP contribution in [0.25, 0.3) is 0 Å². The van der Waals surface area contributed by atoms with Crippen LogP contribution in [0, 0.1) is 0 Å². The first-order valence-electron chi connectivity index (χ1n) is 8.54. The van der Waals surface area contributed by atoms with E-state index in [1.165, 1.54) is 22.5 Å². The van der Waals surface area contributed by atoms with E-state index < -0.39 is 0 Å². The molecule has 1 aliphatic rings. The van der Waals surface area contributed by atoms with Crippen molar-refractivity contribution in [3.8, 4) is 0 Å². The van der Waals surface area contributed by atoms with E-state index in [0.29, 0.717) is 22.7 Å².